The van der Waals surface area contributed by atoms with Gasteiger partial charge in [-0.15, -0.1) is 8.78 Å². The van der Waals surface area contributed by atoms with Gasteiger partial charge in [0.1, 0.15) is 5.69 Å². The first-order valence-electron chi connectivity index (χ1n) is 11.6. The summed E-state index contributed by atoms with van der Waals surface area (Å²) < 4.78 is 35.4. The van der Waals surface area contributed by atoms with Crippen LogP contribution in [-0.2, 0) is 6.54 Å². The summed E-state index contributed by atoms with van der Waals surface area (Å²) in [4.78, 5) is 31.6. The van der Waals surface area contributed by atoms with E-state index in [-0.39, 0.29) is 23.1 Å². The quantitative estimate of drug-likeness (QED) is 0.354. The zero-order valence-electron chi connectivity index (χ0n) is 20.4. The molecule has 4 rings (SSSR count). The minimum absolute atomic E-state index is 0.107. The molecule has 2 heterocycles. The lowest BCUT2D eigenvalue weighted by atomic mass is 10.1. The van der Waals surface area contributed by atoms with Crippen LogP contribution in [0.15, 0.2) is 60.8 Å². The molecule has 9 nitrogen and oxygen atoms in total. The van der Waals surface area contributed by atoms with Crippen molar-refractivity contribution in [3.63, 3.8) is 0 Å². The van der Waals surface area contributed by atoms with Gasteiger partial charge in [-0.3, -0.25) is 14.6 Å². The third-order valence-corrected chi connectivity index (χ3v) is 5.44. The second-order valence-electron chi connectivity index (χ2n) is 8.64. The molecule has 0 aliphatic carbocycles. The Kier molecular flexibility index (Phi) is 7.83. The number of carbonyl (C=O) groups is 2. The summed E-state index contributed by atoms with van der Waals surface area (Å²) in [5.74, 6) is -0.961. The number of nitrogens with one attached hydrogen (secondary N) is 3. The first-order valence-corrected chi connectivity index (χ1v) is 11.6. The molecule has 0 unspecified atom stereocenters. The number of hydrogen-bond acceptors (Lipinski definition) is 7. The van der Waals surface area contributed by atoms with Gasteiger partial charge >= 0.3 is 6.29 Å². The Hall–Kier alpha value is -4.25. The van der Waals surface area contributed by atoms with Crippen LogP contribution < -0.4 is 25.4 Å². The molecule has 0 fully saturated rings. The van der Waals surface area contributed by atoms with Crippen molar-refractivity contribution in [1.82, 2.24) is 15.2 Å². The number of pyridine rings is 1. The van der Waals surface area contributed by atoms with E-state index in [9.17, 15) is 18.4 Å². The SMILES string of the molecule is CN(C)CCCNC(=O)c1cc(CNc2ccccc2C(=O)Nc2ccc3c(c2)OC(F)(F)O3)ccn1. The smallest absolute Gasteiger partial charge is 0.395 e. The zero-order chi connectivity index (χ0) is 26.4. The third kappa shape index (κ3) is 6.91. The van der Waals surface area contributed by atoms with E-state index in [4.69, 9.17) is 0 Å². The van der Waals surface area contributed by atoms with Crippen LogP contribution in [0.1, 0.15) is 32.8 Å². The van der Waals surface area contributed by atoms with Gasteiger partial charge in [-0.05, 0) is 69.0 Å². The van der Waals surface area contributed by atoms with E-state index in [0.717, 1.165) is 18.5 Å². The average molecular weight is 512 g/mol. The van der Waals surface area contributed by atoms with E-state index in [1.807, 2.05) is 19.0 Å². The van der Waals surface area contributed by atoms with Crippen molar-refractivity contribution < 1.29 is 27.8 Å². The largest absolute Gasteiger partial charge is 0.586 e. The van der Waals surface area contributed by atoms with Gasteiger partial charge in [0.05, 0.1) is 5.56 Å². The summed E-state index contributed by atoms with van der Waals surface area (Å²) in [7, 11) is 3.95. The van der Waals surface area contributed by atoms with Crippen LogP contribution in [0.5, 0.6) is 11.5 Å². The average Bonchev–Trinajstić information content (AvgIpc) is 3.18. The predicted molar refractivity (Wildman–Crippen MR) is 134 cm³/mol. The molecule has 0 radical (unpaired) electrons. The van der Waals surface area contributed by atoms with Gasteiger partial charge in [-0.1, -0.05) is 12.1 Å². The number of rotatable bonds is 10. The molecule has 0 bridgehead atoms. The zero-order valence-corrected chi connectivity index (χ0v) is 20.4. The molecule has 2 amide bonds. The number of benzene rings is 2. The number of alkyl halides is 2. The fourth-order valence-corrected chi connectivity index (χ4v) is 3.65. The Balaban J connectivity index is 1.38. The Morgan fingerprint density at radius 3 is 2.59 bits per heavy atom. The maximum absolute atomic E-state index is 13.3. The molecule has 11 heteroatoms. The maximum atomic E-state index is 13.3. The first-order chi connectivity index (χ1) is 17.7. The van der Waals surface area contributed by atoms with E-state index < -0.39 is 12.2 Å². The summed E-state index contributed by atoms with van der Waals surface area (Å²) in [6, 6.07) is 14.4. The monoisotopic (exact) mass is 511 g/mol. The molecule has 2 aromatic carbocycles. The van der Waals surface area contributed by atoms with Crippen molar-refractivity contribution in [2.24, 2.45) is 0 Å². The Morgan fingerprint density at radius 1 is 1.00 bits per heavy atom. The molecule has 1 aliphatic rings. The second-order valence-corrected chi connectivity index (χ2v) is 8.64. The molecule has 0 atom stereocenters. The van der Waals surface area contributed by atoms with Crippen molar-refractivity contribution in [1.29, 1.82) is 0 Å². The minimum Gasteiger partial charge on any atom is -0.395 e. The van der Waals surface area contributed by atoms with Crippen molar-refractivity contribution in [3.8, 4) is 11.5 Å². The predicted octanol–water partition coefficient (Wildman–Crippen LogP) is 3.95. The molecule has 194 valence electrons. The number of para-hydroxylation sites is 1. The van der Waals surface area contributed by atoms with Crippen LogP contribution in [0.3, 0.4) is 0 Å². The molecular formula is C26H27F2N5O4. The molecule has 0 spiro atoms. The van der Waals surface area contributed by atoms with Crippen LogP contribution in [-0.4, -0.2) is 55.2 Å². The second kappa shape index (κ2) is 11.2. The van der Waals surface area contributed by atoms with E-state index in [0.29, 0.717) is 30.0 Å². The lowest BCUT2D eigenvalue weighted by Gasteiger charge is -2.13. The van der Waals surface area contributed by atoms with Crippen LogP contribution >= 0.6 is 0 Å². The van der Waals surface area contributed by atoms with Gasteiger partial charge in [-0.25, -0.2) is 0 Å². The van der Waals surface area contributed by atoms with Crippen LogP contribution in [0.4, 0.5) is 20.2 Å². The normalized spacial score (nSPS) is 13.3. The van der Waals surface area contributed by atoms with E-state index >= 15 is 0 Å². The number of carbonyl (C=O) groups excluding carboxylic acids is 2. The number of fused-ring (bicyclic) bond motifs is 1. The Bertz CT molecular complexity index is 1290. The summed E-state index contributed by atoms with van der Waals surface area (Å²) in [5.41, 5.74) is 2.29. The number of halogens is 2. The minimum atomic E-state index is -3.74. The van der Waals surface area contributed by atoms with Crippen molar-refractivity contribution >= 4 is 23.2 Å². The van der Waals surface area contributed by atoms with Gasteiger partial charge in [0, 0.05) is 36.7 Å². The molecule has 1 aromatic heterocycles. The molecule has 1 aliphatic heterocycles. The lowest BCUT2D eigenvalue weighted by molar-refractivity contribution is -0.286. The van der Waals surface area contributed by atoms with E-state index in [2.05, 4.69) is 30.4 Å². The Morgan fingerprint density at radius 2 is 1.78 bits per heavy atom. The van der Waals surface area contributed by atoms with E-state index in [1.54, 1.807) is 42.6 Å². The van der Waals surface area contributed by atoms with Gasteiger partial charge in [0.25, 0.3) is 11.8 Å². The Labute approximate surface area is 212 Å². The lowest BCUT2D eigenvalue weighted by Crippen LogP contribution is -2.27. The van der Waals surface area contributed by atoms with Crippen molar-refractivity contribution in [2.45, 2.75) is 19.3 Å². The third-order valence-electron chi connectivity index (χ3n) is 5.44. The number of hydrogen-bond donors (Lipinski definition) is 3. The number of nitrogens with zero attached hydrogens (tertiary/aromatic N) is 2. The highest BCUT2D eigenvalue weighted by atomic mass is 19.3. The van der Waals surface area contributed by atoms with Crippen LogP contribution in [0.25, 0.3) is 0 Å². The number of ether oxygens (including phenoxy) is 2. The van der Waals surface area contributed by atoms with Gasteiger partial charge in [0.2, 0.25) is 0 Å². The summed E-state index contributed by atoms with van der Waals surface area (Å²) >= 11 is 0. The summed E-state index contributed by atoms with van der Waals surface area (Å²) in [6.07, 6.45) is -1.34. The van der Waals surface area contributed by atoms with Gasteiger partial charge in [0.15, 0.2) is 11.5 Å². The summed E-state index contributed by atoms with van der Waals surface area (Å²) in [5, 5.41) is 8.76. The number of anilines is 2. The standard InChI is InChI=1S/C26H27F2N5O4/c1-33(2)13-5-11-30-25(35)21-14-17(10-12-29-21)16-31-20-7-4-3-6-19(20)24(34)32-18-8-9-22-23(15-18)37-26(27,28)36-22/h3-4,6-10,12,14-15,31H,5,11,13,16H2,1-2H3,(H,30,35)(H,32,34). The highest BCUT2D eigenvalue weighted by Crippen LogP contribution is 2.42. The number of aromatic nitrogens is 1. The molecule has 0 saturated heterocycles. The molecule has 37 heavy (non-hydrogen) atoms. The highest BCUT2D eigenvalue weighted by Gasteiger charge is 2.43. The fraction of sp³-hybridized carbons (Fsp3) is 0.269. The van der Waals surface area contributed by atoms with E-state index in [1.165, 1.54) is 18.2 Å². The fourth-order valence-electron chi connectivity index (χ4n) is 3.65. The highest BCUT2D eigenvalue weighted by molar-refractivity contribution is 6.08. The van der Waals surface area contributed by atoms with Crippen molar-refractivity contribution in [3.05, 3.63) is 77.6 Å². The first kappa shape index (κ1) is 25.8. The van der Waals surface area contributed by atoms with Gasteiger partial charge in [-0.2, -0.15) is 0 Å². The van der Waals surface area contributed by atoms with Crippen molar-refractivity contribution in [2.75, 3.05) is 37.8 Å². The molecule has 3 aromatic rings. The topological polar surface area (TPSA) is 105 Å². The molecular weight excluding hydrogens is 484 g/mol. The summed E-state index contributed by atoms with van der Waals surface area (Å²) in [6.45, 7) is 1.76. The van der Waals surface area contributed by atoms with Crippen LogP contribution in [0.2, 0.25) is 0 Å². The van der Waals surface area contributed by atoms with Gasteiger partial charge < -0.3 is 30.3 Å². The van der Waals surface area contributed by atoms with Crippen LogP contribution in [0, 0.1) is 0 Å². The molecule has 0 saturated carbocycles. The maximum Gasteiger partial charge on any atom is 0.586 e. The number of amides is 2. The molecule has 3 N–H and O–H groups in total.